The Morgan fingerprint density at radius 3 is 2.12 bits per heavy atom. The molecule has 1 rings (SSSR count). The van der Waals surface area contributed by atoms with Crippen molar-refractivity contribution in [2.45, 2.75) is 32.4 Å². The van der Waals surface area contributed by atoms with Crippen LogP contribution in [0.2, 0.25) is 0 Å². The van der Waals surface area contributed by atoms with Gasteiger partial charge in [0, 0.05) is 32.7 Å². The van der Waals surface area contributed by atoms with Gasteiger partial charge in [-0.1, -0.05) is 0 Å². The topological polar surface area (TPSA) is 105 Å². The van der Waals surface area contributed by atoms with Gasteiger partial charge >= 0.3 is 12.1 Å². The van der Waals surface area contributed by atoms with Crippen molar-refractivity contribution in [2.75, 3.05) is 46.1 Å². The second-order valence-electron chi connectivity index (χ2n) is 6.62. The summed E-state index contributed by atoms with van der Waals surface area (Å²) in [5, 5.41) is 2.56. The molecule has 1 atom stereocenters. The number of carbonyl (C=O) groups is 2. The summed E-state index contributed by atoms with van der Waals surface area (Å²) in [5.41, 5.74) is -0.633. The highest BCUT2D eigenvalue weighted by atomic mass is 32.2. The molecular weight excluding hydrogens is 338 g/mol. The van der Waals surface area contributed by atoms with E-state index in [0.717, 1.165) is 6.26 Å². The maximum absolute atomic E-state index is 12.0. The van der Waals surface area contributed by atoms with Crippen LogP contribution >= 0.6 is 0 Å². The third-order valence-corrected chi connectivity index (χ3v) is 4.80. The van der Waals surface area contributed by atoms with Crippen LogP contribution in [-0.4, -0.2) is 87.4 Å². The third kappa shape index (κ3) is 6.62. The minimum Gasteiger partial charge on any atom is -0.468 e. The number of sulfonamides is 1. The van der Waals surface area contributed by atoms with Crippen LogP contribution in [0, 0.1) is 0 Å². The summed E-state index contributed by atoms with van der Waals surface area (Å²) in [7, 11) is -1.97. The van der Waals surface area contributed by atoms with Crippen LogP contribution in [0.25, 0.3) is 0 Å². The maximum atomic E-state index is 12.0. The molecule has 24 heavy (non-hydrogen) atoms. The van der Waals surface area contributed by atoms with E-state index in [-0.39, 0.29) is 6.54 Å². The zero-order valence-electron chi connectivity index (χ0n) is 14.9. The lowest BCUT2D eigenvalue weighted by Crippen LogP contribution is -2.57. The minimum absolute atomic E-state index is 0.0282. The molecule has 0 aliphatic carbocycles. The Morgan fingerprint density at radius 2 is 1.71 bits per heavy atom. The highest BCUT2D eigenvalue weighted by Crippen LogP contribution is 2.11. The molecule has 9 nitrogen and oxygen atoms in total. The number of nitrogens with zero attached hydrogens (tertiary/aromatic N) is 2. The predicted octanol–water partition coefficient (Wildman–Crippen LogP) is -0.370. The van der Waals surface area contributed by atoms with E-state index in [1.54, 1.807) is 25.7 Å². The predicted molar refractivity (Wildman–Crippen MR) is 88.0 cm³/mol. The third-order valence-electron chi connectivity index (χ3n) is 3.49. The number of piperazine rings is 1. The number of hydrogen-bond acceptors (Lipinski definition) is 7. The van der Waals surface area contributed by atoms with Gasteiger partial charge in [0.15, 0.2) is 0 Å². The van der Waals surface area contributed by atoms with Crippen LogP contribution in [0.4, 0.5) is 4.79 Å². The molecule has 0 radical (unpaired) electrons. The van der Waals surface area contributed by atoms with Crippen molar-refractivity contribution >= 4 is 22.1 Å². The highest BCUT2D eigenvalue weighted by molar-refractivity contribution is 7.88. The Morgan fingerprint density at radius 1 is 1.17 bits per heavy atom. The summed E-state index contributed by atoms with van der Waals surface area (Å²) in [5.74, 6) is -0.487. The van der Waals surface area contributed by atoms with E-state index in [1.807, 2.05) is 0 Å². The Kier molecular flexibility index (Phi) is 6.99. The minimum atomic E-state index is -3.25. The zero-order valence-corrected chi connectivity index (χ0v) is 15.7. The van der Waals surface area contributed by atoms with Gasteiger partial charge in [-0.2, -0.15) is 4.31 Å². The van der Waals surface area contributed by atoms with E-state index in [2.05, 4.69) is 5.32 Å². The quantitative estimate of drug-likeness (QED) is 0.663. The van der Waals surface area contributed by atoms with Gasteiger partial charge in [-0.25, -0.2) is 13.2 Å². The first-order valence-corrected chi connectivity index (χ1v) is 9.52. The number of nitrogens with one attached hydrogen (secondary N) is 1. The van der Waals surface area contributed by atoms with E-state index in [0.29, 0.717) is 26.2 Å². The number of alkyl carbamates (subject to hydrolysis) is 1. The van der Waals surface area contributed by atoms with Gasteiger partial charge in [-0.3, -0.25) is 9.69 Å². The van der Waals surface area contributed by atoms with E-state index in [1.165, 1.54) is 11.4 Å². The molecule has 1 aliphatic rings. The van der Waals surface area contributed by atoms with E-state index in [9.17, 15) is 18.0 Å². The van der Waals surface area contributed by atoms with Gasteiger partial charge in [0.1, 0.15) is 11.6 Å². The average Bonchev–Trinajstić information content (AvgIpc) is 2.44. The first kappa shape index (κ1) is 20.7. The van der Waals surface area contributed by atoms with Crippen molar-refractivity contribution in [1.29, 1.82) is 0 Å². The molecule has 140 valence electrons. The summed E-state index contributed by atoms with van der Waals surface area (Å²) in [6.07, 6.45) is 0.538. The lowest BCUT2D eigenvalue weighted by atomic mass is 10.2. The number of carbonyl (C=O) groups excluding carboxylic acids is 2. The SMILES string of the molecule is COC(=O)[C@@H](CNC(=O)OC(C)(C)C)N1CCN(S(C)(=O)=O)CC1. The lowest BCUT2D eigenvalue weighted by Gasteiger charge is -2.37. The fourth-order valence-corrected chi connectivity index (χ4v) is 3.17. The molecule has 0 aromatic rings. The molecule has 0 spiro atoms. The number of hydrogen-bond donors (Lipinski definition) is 1. The smallest absolute Gasteiger partial charge is 0.407 e. The summed E-state index contributed by atoms with van der Waals surface area (Å²) in [6, 6.07) is -0.691. The van der Waals surface area contributed by atoms with Crippen molar-refractivity contribution in [2.24, 2.45) is 0 Å². The molecule has 10 heteroatoms. The number of amides is 1. The standard InChI is InChI=1S/C14H27N3O6S/c1-14(2,3)23-13(19)15-10-11(12(18)22-4)16-6-8-17(9-7-16)24(5,20)21/h11H,6-10H2,1-5H3,(H,15,19)/t11-/m1/s1. The van der Waals surface area contributed by atoms with Gasteiger partial charge in [0.25, 0.3) is 0 Å². The molecule has 0 unspecified atom stereocenters. The maximum Gasteiger partial charge on any atom is 0.407 e. The van der Waals surface area contributed by atoms with Crippen molar-refractivity contribution < 1.29 is 27.5 Å². The summed E-state index contributed by atoms with van der Waals surface area (Å²) >= 11 is 0. The zero-order chi connectivity index (χ0) is 18.5. The molecule has 0 aromatic carbocycles. The molecule has 0 bridgehead atoms. The Labute approximate surface area is 143 Å². The molecular formula is C14H27N3O6S. The summed E-state index contributed by atoms with van der Waals surface area (Å²) < 4.78 is 34.4. The molecule has 1 saturated heterocycles. The molecule has 1 amide bonds. The van der Waals surface area contributed by atoms with Crippen LogP contribution in [0.15, 0.2) is 0 Å². The molecule has 0 aromatic heterocycles. The van der Waals surface area contributed by atoms with E-state index < -0.39 is 33.7 Å². The molecule has 1 heterocycles. The lowest BCUT2D eigenvalue weighted by molar-refractivity contribution is -0.147. The summed E-state index contributed by atoms with van der Waals surface area (Å²) in [6.45, 7) is 6.60. The fourth-order valence-electron chi connectivity index (χ4n) is 2.34. The first-order chi connectivity index (χ1) is 10.9. The van der Waals surface area contributed by atoms with Crippen molar-refractivity contribution in [3.8, 4) is 0 Å². The number of esters is 1. The summed E-state index contributed by atoms with van der Waals surface area (Å²) in [4.78, 5) is 25.5. The second-order valence-corrected chi connectivity index (χ2v) is 8.60. The first-order valence-electron chi connectivity index (χ1n) is 7.68. The van der Waals surface area contributed by atoms with Gasteiger partial charge in [0.05, 0.1) is 13.4 Å². The molecule has 1 fully saturated rings. The normalized spacial score (nSPS) is 18.7. The molecule has 1 aliphatic heterocycles. The highest BCUT2D eigenvalue weighted by Gasteiger charge is 2.32. The van der Waals surface area contributed by atoms with Gasteiger partial charge in [-0.05, 0) is 20.8 Å². The van der Waals surface area contributed by atoms with Crippen LogP contribution in [0.5, 0.6) is 0 Å². The van der Waals surface area contributed by atoms with Crippen LogP contribution in [0.3, 0.4) is 0 Å². The van der Waals surface area contributed by atoms with E-state index >= 15 is 0 Å². The average molecular weight is 365 g/mol. The van der Waals surface area contributed by atoms with Crippen molar-refractivity contribution in [1.82, 2.24) is 14.5 Å². The van der Waals surface area contributed by atoms with Crippen LogP contribution in [-0.2, 0) is 24.3 Å². The van der Waals surface area contributed by atoms with Gasteiger partial charge < -0.3 is 14.8 Å². The Bertz CT molecular complexity index is 549. The fraction of sp³-hybridized carbons (Fsp3) is 0.857. The van der Waals surface area contributed by atoms with E-state index in [4.69, 9.17) is 9.47 Å². The Hall–Kier alpha value is -1.39. The Balaban J connectivity index is 2.64. The molecule has 0 saturated carbocycles. The molecule has 1 N–H and O–H groups in total. The van der Waals surface area contributed by atoms with Gasteiger partial charge in [0.2, 0.25) is 10.0 Å². The van der Waals surface area contributed by atoms with Crippen molar-refractivity contribution in [3.05, 3.63) is 0 Å². The van der Waals surface area contributed by atoms with Gasteiger partial charge in [-0.15, -0.1) is 0 Å². The number of ether oxygens (including phenoxy) is 2. The monoisotopic (exact) mass is 365 g/mol. The second kappa shape index (κ2) is 8.13. The largest absolute Gasteiger partial charge is 0.468 e. The van der Waals surface area contributed by atoms with Crippen molar-refractivity contribution in [3.63, 3.8) is 0 Å². The number of methoxy groups -OCH3 is 1. The van der Waals surface area contributed by atoms with Crippen LogP contribution < -0.4 is 5.32 Å². The van der Waals surface area contributed by atoms with Crippen LogP contribution in [0.1, 0.15) is 20.8 Å². The number of rotatable bonds is 5.